The second-order valence-corrected chi connectivity index (χ2v) is 4.50. The van der Waals surface area contributed by atoms with Crippen molar-refractivity contribution in [1.29, 1.82) is 0 Å². The van der Waals surface area contributed by atoms with Gasteiger partial charge in [0, 0.05) is 24.0 Å². The molecule has 0 aliphatic carbocycles. The third-order valence-corrected chi connectivity index (χ3v) is 2.96. The van der Waals surface area contributed by atoms with E-state index in [2.05, 4.69) is 10.3 Å². The van der Waals surface area contributed by atoms with Crippen LogP contribution < -0.4 is 5.32 Å². The molecule has 0 amide bonds. The maximum Gasteiger partial charge on any atom is 0.325 e. The van der Waals surface area contributed by atoms with Crippen molar-refractivity contribution in [1.82, 2.24) is 10.3 Å². The number of benzene rings is 1. The molecule has 1 aromatic carbocycles. The third kappa shape index (κ3) is 3.77. The number of halogens is 1. The Morgan fingerprint density at radius 1 is 1.21 bits per heavy atom. The normalized spacial score (nSPS) is 12.1. The summed E-state index contributed by atoms with van der Waals surface area (Å²) in [6, 6.07) is 9.70. The van der Waals surface area contributed by atoms with E-state index >= 15 is 0 Å². The highest BCUT2D eigenvalue weighted by Gasteiger charge is 2.18. The van der Waals surface area contributed by atoms with Crippen molar-refractivity contribution in [3.63, 3.8) is 0 Å². The van der Waals surface area contributed by atoms with Gasteiger partial charge < -0.3 is 5.11 Å². The van der Waals surface area contributed by atoms with Crippen molar-refractivity contribution >= 4 is 17.6 Å². The van der Waals surface area contributed by atoms with Crippen LogP contribution in [0.2, 0.25) is 5.02 Å². The first-order chi connectivity index (χ1) is 9.16. The SMILES string of the molecule is O=C(O)C(NCc1ccncc1)c1ccc(Cl)cc1. The van der Waals surface area contributed by atoms with Gasteiger partial charge >= 0.3 is 5.97 Å². The Hall–Kier alpha value is -1.91. The summed E-state index contributed by atoms with van der Waals surface area (Å²) in [5, 5.41) is 12.9. The minimum Gasteiger partial charge on any atom is -0.480 e. The number of aromatic nitrogens is 1. The predicted molar refractivity (Wildman–Crippen MR) is 72.9 cm³/mol. The molecule has 1 aromatic heterocycles. The number of carbonyl (C=O) groups is 1. The lowest BCUT2D eigenvalue weighted by Crippen LogP contribution is -2.28. The van der Waals surface area contributed by atoms with E-state index < -0.39 is 12.0 Å². The third-order valence-electron chi connectivity index (χ3n) is 2.71. The standard InChI is InChI=1S/C14H13ClN2O2/c15-12-3-1-11(2-4-12)13(14(18)19)17-9-10-5-7-16-8-6-10/h1-8,13,17H,9H2,(H,18,19). The van der Waals surface area contributed by atoms with E-state index in [-0.39, 0.29) is 0 Å². The Kier molecular flexibility index (Phi) is 4.49. The first-order valence-electron chi connectivity index (χ1n) is 5.77. The van der Waals surface area contributed by atoms with E-state index in [1.165, 1.54) is 0 Å². The molecule has 2 N–H and O–H groups in total. The molecule has 2 aromatic rings. The zero-order valence-electron chi connectivity index (χ0n) is 10.1. The number of hydrogen-bond acceptors (Lipinski definition) is 3. The quantitative estimate of drug-likeness (QED) is 0.881. The fourth-order valence-corrected chi connectivity index (χ4v) is 1.85. The monoisotopic (exact) mass is 276 g/mol. The summed E-state index contributed by atoms with van der Waals surface area (Å²) in [4.78, 5) is 15.2. The molecule has 0 bridgehead atoms. The van der Waals surface area contributed by atoms with Gasteiger partial charge in [-0.2, -0.15) is 0 Å². The molecular formula is C14H13ClN2O2. The zero-order chi connectivity index (χ0) is 13.7. The maximum absolute atomic E-state index is 11.3. The lowest BCUT2D eigenvalue weighted by Gasteiger charge is -2.15. The number of rotatable bonds is 5. The van der Waals surface area contributed by atoms with Crippen LogP contribution in [-0.2, 0) is 11.3 Å². The predicted octanol–water partition coefficient (Wildman–Crippen LogP) is 2.65. The van der Waals surface area contributed by atoms with Crippen molar-refractivity contribution in [2.75, 3.05) is 0 Å². The van der Waals surface area contributed by atoms with Crippen molar-refractivity contribution < 1.29 is 9.90 Å². The van der Waals surface area contributed by atoms with Crippen molar-refractivity contribution in [2.24, 2.45) is 0 Å². The fraction of sp³-hybridized carbons (Fsp3) is 0.143. The van der Waals surface area contributed by atoms with Gasteiger partial charge in [0.15, 0.2) is 0 Å². The smallest absolute Gasteiger partial charge is 0.325 e. The highest BCUT2D eigenvalue weighted by molar-refractivity contribution is 6.30. The van der Waals surface area contributed by atoms with E-state index in [9.17, 15) is 9.90 Å². The zero-order valence-corrected chi connectivity index (χ0v) is 10.8. The highest BCUT2D eigenvalue weighted by Crippen LogP contribution is 2.17. The summed E-state index contributed by atoms with van der Waals surface area (Å²) in [5.74, 6) is -0.920. The molecule has 0 fully saturated rings. The second kappa shape index (κ2) is 6.31. The average molecular weight is 277 g/mol. The number of hydrogen-bond donors (Lipinski definition) is 2. The summed E-state index contributed by atoms with van der Waals surface area (Å²) < 4.78 is 0. The van der Waals surface area contributed by atoms with Crippen LogP contribution in [-0.4, -0.2) is 16.1 Å². The molecule has 98 valence electrons. The van der Waals surface area contributed by atoms with Gasteiger partial charge in [0.2, 0.25) is 0 Å². The van der Waals surface area contributed by atoms with E-state index in [1.807, 2.05) is 12.1 Å². The van der Waals surface area contributed by atoms with Crippen molar-refractivity contribution in [2.45, 2.75) is 12.6 Å². The van der Waals surface area contributed by atoms with Crippen LogP contribution in [0.1, 0.15) is 17.2 Å². The van der Waals surface area contributed by atoms with Gasteiger partial charge in [0.05, 0.1) is 0 Å². The molecule has 2 rings (SSSR count). The van der Waals surface area contributed by atoms with Gasteiger partial charge in [-0.25, -0.2) is 0 Å². The first kappa shape index (κ1) is 13.5. The molecule has 0 spiro atoms. The molecule has 0 saturated carbocycles. The summed E-state index contributed by atoms with van der Waals surface area (Å²) in [5.41, 5.74) is 1.65. The molecule has 5 heteroatoms. The fourth-order valence-electron chi connectivity index (χ4n) is 1.72. The molecule has 0 saturated heterocycles. The van der Waals surface area contributed by atoms with Crippen molar-refractivity contribution in [3.05, 3.63) is 64.9 Å². The van der Waals surface area contributed by atoms with Crippen LogP contribution in [0.3, 0.4) is 0 Å². The van der Waals surface area contributed by atoms with Gasteiger partial charge in [0.25, 0.3) is 0 Å². The molecule has 1 unspecified atom stereocenters. The molecule has 19 heavy (non-hydrogen) atoms. The Morgan fingerprint density at radius 2 is 1.84 bits per heavy atom. The van der Waals surface area contributed by atoms with Crippen LogP contribution in [0.25, 0.3) is 0 Å². The Labute approximate surface area is 116 Å². The molecule has 1 heterocycles. The van der Waals surface area contributed by atoms with E-state index in [0.717, 1.165) is 5.56 Å². The number of nitrogens with one attached hydrogen (secondary N) is 1. The minimum atomic E-state index is -0.920. The lowest BCUT2D eigenvalue weighted by molar-refractivity contribution is -0.139. The first-order valence-corrected chi connectivity index (χ1v) is 6.15. The molecular weight excluding hydrogens is 264 g/mol. The van der Waals surface area contributed by atoms with Gasteiger partial charge in [-0.15, -0.1) is 0 Å². The number of aliphatic carboxylic acids is 1. The van der Waals surface area contributed by atoms with Gasteiger partial charge in [-0.05, 0) is 35.4 Å². The van der Waals surface area contributed by atoms with Crippen LogP contribution in [0.4, 0.5) is 0 Å². The topological polar surface area (TPSA) is 62.2 Å². The minimum absolute atomic E-state index is 0.460. The Bertz CT molecular complexity index is 543. The molecule has 0 aliphatic heterocycles. The number of carboxylic acids is 1. The van der Waals surface area contributed by atoms with E-state index in [1.54, 1.807) is 36.7 Å². The summed E-state index contributed by atoms with van der Waals surface area (Å²) in [6.45, 7) is 0.460. The molecule has 1 atom stereocenters. The number of nitrogens with zero attached hydrogens (tertiary/aromatic N) is 1. The molecule has 4 nitrogen and oxygen atoms in total. The summed E-state index contributed by atoms with van der Waals surface area (Å²) >= 11 is 5.79. The van der Waals surface area contributed by atoms with Gasteiger partial charge in [0.1, 0.15) is 6.04 Å². The Balaban J connectivity index is 2.09. The van der Waals surface area contributed by atoms with Crippen molar-refractivity contribution in [3.8, 4) is 0 Å². The average Bonchev–Trinajstić information content (AvgIpc) is 2.42. The van der Waals surface area contributed by atoms with Crippen LogP contribution in [0.15, 0.2) is 48.8 Å². The van der Waals surface area contributed by atoms with E-state index in [4.69, 9.17) is 11.6 Å². The van der Waals surface area contributed by atoms with Crippen LogP contribution >= 0.6 is 11.6 Å². The summed E-state index contributed by atoms with van der Waals surface area (Å²) in [6.07, 6.45) is 3.35. The van der Waals surface area contributed by atoms with Crippen LogP contribution in [0.5, 0.6) is 0 Å². The lowest BCUT2D eigenvalue weighted by atomic mass is 10.1. The number of carboxylic acid groups (broad SMARTS) is 1. The molecule has 0 aliphatic rings. The van der Waals surface area contributed by atoms with Crippen LogP contribution in [0, 0.1) is 0 Å². The van der Waals surface area contributed by atoms with Gasteiger partial charge in [-0.3, -0.25) is 15.1 Å². The summed E-state index contributed by atoms with van der Waals surface area (Å²) in [7, 11) is 0. The second-order valence-electron chi connectivity index (χ2n) is 4.06. The largest absolute Gasteiger partial charge is 0.480 e. The maximum atomic E-state index is 11.3. The van der Waals surface area contributed by atoms with E-state index in [0.29, 0.717) is 17.1 Å². The Morgan fingerprint density at radius 3 is 2.42 bits per heavy atom. The van der Waals surface area contributed by atoms with Gasteiger partial charge in [-0.1, -0.05) is 23.7 Å². The highest BCUT2D eigenvalue weighted by atomic mass is 35.5. The number of pyridine rings is 1. The molecule has 0 radical (unpaired) electrons.